The predicted molar refractivity (Wildman–Crippen MR) is 57.4 cm³/mol. The zero-order valence-corrected chi connectivity index (χ0v) is 8.68. The van der Waals surface area contributed by atoms with Crippen molar-refractivity contribution in [2.75, 3.05) is 7.05 Å². The Morgan fingerprint density at radius 1 is 1.82 bits per heavy atom. The van der Waals surface area contributed by atoms with Gasteiger partial charge >= 0.3 is 0 Å². The van der Waals surface area contributed by atoms with E-state index in [9.17, 15) is 0 Å². The summed E-state index contributed by atoms with van der Waals surface area (Å²) < 4.78 is 0.637. The van der Waals surface area contributed by atoms with Crippen LogP contribution in [-0.2, 0) is 6.54 Å². The molecule has 4 heteroatoms. The molecule has 11 heavy (non-hydrogen) atoms. The van der Waals surface area contributed by atoms with Gasteiger partial charge in [0, 0.05) is 11.9 Å². The second kappa shape index (κ2) is 4.09. The summed E-state index contributed by atoms with van der Waals surface area (Å²) in [6.45, 7) is 0.861. The maximum absolute atomic E-state index is 4.89. The van der Waals surface area contributed by atoms with Crippen LogP contribution in [-0.4, -0.2) is 16.3 Å². The van der Waals surface area contributed by atoms with Crippen molar-refractivity contribution in [1.82, 2.24) is 4.90 Å². The molecule has 1 heterocycles. The maximum atomic E-state index is 4.89. The highest BCUT2D eigenvalue weighted by Gasteiger charge is 2.00. The molecule has 1 aromatic heterocycles. The largest absolute Gasteiger partial charge is 0.356 e. The third-order valence-electron chi connectivity index (χ3n) is 1.30. The topological polar surface area (TPSA) is 3.24 Å². The summed E-state index contributed by atoms with van der Waals surface area (Å²) in [5.74, 6) is 0. The lowest BCUT2D eigenvalue weighted by atomic mass is 10.4. The average Bonchev–Trinajstić information content (AvgIpc) is 2.39. The van der Waals surface area contributed by atoms with Crippen LogP contribution in [0, 0.1) is 0 Å². The van der Waals surface area contributed by atoms with Crippen LogP contribution in [0.2, 0.25) is 0 Å². The molecule has 1 rings (SSSR count). The Balaban J connectivity index is 2.50. The van der Waals surface area contributed by atoms with Crippen molar-refractivity contribution < 1.29 is 0 Å². The van der Waals surface area contributed by atoms with Crippen molar-refractivity contribution in [1.29, 1.82) is 0 Å². The number of thiocarbonyl (C=S) groups is 1. The van der Waals surface area contributed by atoms with Crippen molar-refractivity contribution in [2.45, 2.75) is 6.54 Å². The minimum absolute atomic E-state index is 0.637. The van der Waals surface area contributed by atoms with E-state index in [0.29, 0.717) is 4.32 Å². The molecule has 0 N–H and O–H groups in total. The second-order valence-corrected chi connectivity index (χ2v) is 4.36. The summed E-state index contributed by atoms with van der Waals surface area (Å²) in [5, 5.41) is 2.06. The predicted octanol–water partition coefficient (Wildman–Crippen LogP) is 2.39. The molecule has 0 aliphatic carbocycles. The maximum Gasteiger partial charge on any atom is 0.133 e. The van der Waals surface area contributed by atoms with Crippen LogP contribution in [0.25, 0.3) is 0 Å². The molecule has 0 aliphatic heterocycles. The minimum atomic E-state index is 0.637. The van der Waals surface area contributed by atoms with Crippen LogP contribution in [0.3, 0.4) is 0 Å². The molecule has 0 amide bonds. The molecule has 0 saturated carbocycles. The van der Waals surface area contributed by atoms with Crippen molar-refractivity contribution in [3.05, 3.63) is 22.4 Å². The highest BCUT2D eigenvalue weighted by atomic mass is 32.1. The van der Waals surface area contributed by atoms with E-state index < -0.39 is 0 Å². The lowest BCUT2D eigenvalue weighted by Gasteiger charge is -2.14. The van der Waals surface area contributed by atoms with Crippen LogP contribution in [0.1, 0.15) is 4.88 Å². The number of hydrogen-bond acceptors (Lipinski definition) is 2. The molecule has 60 valence electrons. The average molecular weight is 203 g/mol. The molecule has 0 aromatic carbocycles. The second-order valence-electron chi connectivity index (χ2n) is 2.22. The first-order chi connectivity index (χ1) is 5.20. The van der Waals surface area contributed by atoms with Crippen LogP contribution in [0.15, 0.2) is 17.5 Å². The van der Waals surface area contributed by atoms with Gasteiger partial charge in [-0.15, -0.1) is 24.0 Å². The lowest BCUT2D eigenvalue weighted by molar-refractivity contribution is 0.525. The van der Waals surface area contributed by atoms with Crippen molar-refractivity contribution in [3.8, 4) is 0 Å². The molecule has 1 aromatic rings. The first kappa shape index (κ1) is 9.03. The first-order valence-corrected chi connectivity index (χ1v) is 4.90. The molecular formula is C7H9NS3. The Morgan fingerprint density at radius 3 is 3.00 bits per heavy atom. The van der Waals surface area contributed by atoms with E-state index in [4.69, 9.17) is 12.2 Å². The Bertz CT molecular complexity index is 230. The molecule has 0 atom stereocenters. The standard InChI is InChI=1S/C7H9NS3/c1-8(7(9)10)5-6-3-2-4-11-6/h2-4H,5H2,1H3,(H,9,10). The third-order valence-corrected chi connectivity index (χ3v) is 2.81. The smallest absolute Gasteiger partial charge is 0.133 e. The molecule has 0 aliphatic rings. The summed E-state index contributed by atoms with van der Waals surface area (Å²) in [6, 6.07) is 4.13. The van der Waals surface area contributed by atoms with E-state index in [1.165, 1.54) is 4.88 Å². The van der Waals surface area contributed by atoms with Gasteiger partial charge in [0.25, 0.3) is 0 Å². The van der Waals surface area contributed by atoms with Gasteiger partial charge < -0.3 is 4.90 Å². The Hall–Kier alpha value is -0.0600. The fourth-order valence-corrected chi connectivity index (χ4v) is 1.60. The summed E-state index contributed by atoms with van der Waals surface area (Å²) >= 11 is 10.7. The number of nitrogens with zero attached hydrogens (tertiary/aromatic N) is 1. The third kappa shape index (κ3) is 2.81. The van der Waals surface area contributed by atoms with Gasteiger partial charge in [-0.25, -0.2) is 0 Å². The van der Waals surface area contributed by atoms with Crippen LogP contribution in [0.4, 0.5) is 0 Å². The molecule has 0 unspecified atom stereocenters. The fourth-order valence-electron chi connectivity index (χ4n) is 0.704. The Labute approximate surface area is 81.4 Å². The highest BCUT2D eigenvalue weighted by Crippen LogP contribution is 2.11. The molecule has 0 saturated heterocycles. The van der Waals surface area contributed by atoms with E-state index in [1.807, 2.05) is 18.0 Å². The summed E-state index contributed by atoms with van der Waals surface area (Å²) in [7, 11) is 1.94. The summed E-state index contributed by atoms with van der Waals surface area (Å²) in [6.07, 6.45) is 0. The summed E-state index contributed by atoms with van der Waals surface area (Å²) in [4.78, 5) is 3.24. The van der Waals surface area contributed by atoms with E-state index in [1.54, 1.807) is 11.3 Å². The van der Waals surface area contributed by atoms with Gasteiger partial charge in [0.05, 0.1) is 6.54 Å². The normalized spacial score (nSPS) is 9.64. The quantitative estimate of drug-likeness (QED) is 0.581. The van der Waals surface area contributed by atoms with Crippen molar-refractivity contribution >= 4 is 40.5 Å². The zero-order valence-electron chi connectivity index (χ0n) is 6.15. The fraction of sp³-hybridized carbons (Fsp3) is 0.286. The number of hydrogen-bond donors (Lipinski definition) is 1. The zero-order chi connectivity index (χ0) is 8.27. The van der Waals surface area contributed by atoms with Gasteiger partial charge in [0.1, 0.15) is 4.32 Å². The highest BCUT2D eigenvalue weighted by molar-refractivity contribution is 8.10. The number of thiophene rings is 1. The Morgan fingerprint density at radius 2 is 2.55 bits per heavy atom. The van der Waals surface area contributed by atoms with Gasteiger partial charge in [-0.1, -0.05) is 18.3 Å². The van der Waals surface area contributed by atoms with Crippen LogP contribution >= 0.6 is 36.2 Å². The van der Waals surface area contributed by atoms with Gasteiger partial charge in [-0.2, -0.15) is 0 Å². The van der Waals surface area contributed by atoms with Crippen LogP contribution in [0.5, 0.6) is 0 Å². The first-order valence-electron chi connectivity index (χ1n) is 3.16. The van der Waals surface area contributed by atoms with Crippen molar-refractivity contribution in [3.63, 3.8) is 0 Å². The molecular weight excluding hydrogens is 194 g/mol. The molecule has 0 spiro atoms. The number of thiol groups is 1. The van der Waals surface area contributed by atoms with E-state index in [0.717, 1.165) is 6.54 Å². The minimum Gasteiger partial charge on any atom is -0.356 e. The molecule has 0 radical (unpaired) electrons. The summed E-state index contributed by atoms with van der Waals surface area (Å²) in [5.41, 5.74) is 0. The van der Waals surface area contributed by atoms with Gasteiger partial charge in [0.2, 0.25) is 0 Å². The SMILES string of the molecule is CN(Cc1cccs1)C(=S)S. The monoisotopic (exact) mass is 203 g/mol. The van der Waals surface area contributed by atoms with Crippen LogP contribution < -0.4 is 0 Å². The molecule has 0 bridgehead atoms. The van der Waals surface area contributed by atoms with Gasteiger partial charge in [0.15, 0.2) is 0 Å². The van der Waals surface area contributed by atoms with Crippen molar-refractivity contribution in [2.24, 2.45) is 0 Å². The van der Waals surface area contributed by atoms with E-state index >= 15 is 0 Å². The van der Waals surface area contributed by atoms with Gasteiger partial charge in [-0.05, 0) is 11.4 Å². The van der Waals surface area contributed by atoms with Gasteiger partial charge in [-0.3, -0.25) is 0 Å². The molecule has 1 nitrogen and oxygen atoms in total. The lowest BCUT2D eigenvalue weighted by Crippen LogP contribution is -2.19. The van der Waals surface area contributed by atoms with E-state index in [2.05, 4.69) is 24.1 Å². The molecule has 0 fully saturated rings. The number of rotatable bonds is 2. The Kier molecular flexibility index (Phi) is 3.36. The van der Waals surface area contributed by atoms with E-state index in [-0.39, 0.29) is 0 Å².